The molecule has 2 aromatic carbocycles. The number of nitrogens with zero attached hydrogens (tertiary/aromatic N) is 1. The van der Waals surface area contributed by atoms with Crippen LogP contribution in [0.2, 0.25) is 0 Å². The first-order valence-electron chi connectivity index (χ1n) is 7.46. The van der Waals surface area contributed by atoms with Crippen LogP contribution in [0.15, 0.2) is 36.4 Å². The van der Waals surface area contributed by atoms with Crippen molar-refractivity contribution >= 4 is 11.6 Å². The van der Waals surface area contributed by atoms with Crippen LogP contribution in [0.4, 0.5) is 0 Å². The van der Waals surface area contributed by atoms with E-state index in [-0.39, 0.29) is 6.79 Å². The smallest absolute Gasteiger partial charge is 0.231 e. The molecule has 2 aromatic rings. The maximum absolute atomic E-state index is 9.51. The van der Waals surface area contributed by atoms with E-state index in [9.17, 15) is 5.26 Å². The van der Waals surface area contributed by atoms with Gasteiger partial charge in [-0.1, -0.05) is 29.8 Å². The summed E-state index contributed by atoms with van der Waals surface area (Å²) in [5.41, 5.74) is 3.40. The fraction of sp³-hybridized carbons (Fsp3) is 0.211. The number of fused-ring (bicyclic) bond motifs is 1. The molecule has 1 aliphatic heterocycles. The summed E-state index contributed by atoms with van der Waals surface area (Å²) in [4.78, 5) is 0. The summed E-state index contributed by atoms with van der Waals surface area (Å²) in [7, 11) is 0. The topological polar surface area (TPSA) is 51.5 Å². The Morgan fingerprint density at radius 3 is 2.57 bits per heavy atom. The zero-order valence-electron chi connectivity index (χ0n) is 13.1. The number of rotatable bonds is 4. The van der Waals surface area contributed by atoms with E-state index in [1.54, 1.807) is 0 Å². The highest BCUT2D eigenvalue weighted by atomic mass is 16.7. The molecule has 0 aliphatic carbocycles. The van der Waals surface area contributed by atoms with Gasteiger partial charge in [-0.05, 0) is 31.6 Å². The third kappa shape index (κ3) is 3.14. The Bertz CT molecular complexity index is 785. The number of hydrogen-bond donors (Lipinski definition) is 0. The summed E-state index contributed by atoms with van der Waals surface area (Å²) in [6.07, 6.45) is 1.82. The minimum absolute atomic E-state index is 0.205. The van der Waals surface area contributed by atoms with Crippen LogP contribution in [0.5, 0.6) is 17.2 Å². The zero-order valence-corrected chi connectivity index (χ0v) is 13.1. The molecule has 4 nitrogen and oxygen atoms in total. The lowest BCUT2D eigenvalue weighted by molar-refractivity contribution is 0.174. The molecule has 0 amide bonds. The lowest BCUT2D eigenvalue weighted by Gasteiger charge is -2.09. The highest BCUT2D eigenvalue weighted by Crippen LogP contribution is 2.39. The number of benzene rings is 2. The normalized spacial score (nSPS) is 12.8. The summed E-state index contributed by atoms with van der Waals surface area (Å²) >= 11 is 0. The van der Waals surface area contributed by atoms with E-state index in [1.165, 1.54) is 0 Å². The second-order valence-electron chi connectivity index (χ2n) is 5.21. The van der Waals surface area contributed by atoms with Gasteiger partial charge < -0.3 is 14.2 Å². The molecular formula is C19H17NO3. The molecule has 1 aliphatic rings. The van der Waals surface area contributed by atoms with E-state index >= 15 is 0 Å². The minimum atomic E-state index is 0.205. The maximum atomic E-state index is 9.51. The van der Waals surface area contributed by atoms with Gasteiger partial charge in [0.05, 0.1) is 18.2 Å². The van der Waals surface area contributed by atoms with E-state index in [0.717, 1.165) is 16.7 Å². The summed E-state index contributed by atoms with van der Waals surface area (Å²) in [6, 6.07) is 13.8. The fourth-order valence-corrected chi connectivity index (χ4v) is 2.40. The van der Waals surface area contributed by atoms with Crippen molar-refractivity contribution in [3.05, 3.63) is 53.1 Å². The van der Waals surface area contributed by atoms with Gasteiger partial charge in [0.15, 0.2) is 11.5 Å². The van der Waals surface area contributed by atoms with Crippen molar-refractivity contribution in [3.8, 4) is 23.3 Å². The van der Waals surface area contributed by atoms with Crippen molar-refractivity contribution in [2.45, 2.75) is 13.8 Å². The third-order valence-electron chi connectivity index (χ3n) is 3.59. The Kier molecular flexibility index (Phi) is 4.20. The SMILES string of the molecule is CCOc1cc2c(cc1/C=C(/C#N)c1ccc(C)cc1)OCO2. The van der Waals surface area contributed by atoms with Crippen molar-refractivity contribution in [3.63, 3.8) is 0 Å². The maximum Gasteiger partial charge on any atom is 0.231 e. The molecule has 3 rings (SSSR count). The first-order chi connectivity index (χ1) is 11.2. The Balaban J connectivity index is 2.05. The molecule has 1 heterocycles. The van der Waals surface area contributed by atoms with Crippen LogP contribution in [0.1, 0.15) is 23.6 Å². The van der Waals surface area contributed by atoms with Crippen molar-refractivity contribution in [1.82, 2.24) is 0 Å². The van der Waals surface area contributed by atoms with E-state index in [4.69, 9.17) is 14.2 Å². The molecule has 0 bridgehead atoms. The van der Waals surface area contributed by atoms with Crippen LogP contribution in [-0.4, -0.2) is 13.4 Å². The summed E-state index contributed by atoms with van der Waals surface area (Å²) in [6.45, 7) is 4.68. The average Bonchev–Trinajstić information content (AvgIpc) is 3.01. The Morgan fingerprint density at radius 1 is 1.22 bits per heavy atom. The minimum Gasteiger partial charge on any atom is -0.493 e. The fourth-order valence-electron chi connectivity index (χ4n) is 2.40. The second-order valence-corrected chi connectivity index (χ2v) is 5.21. The van der Waals surface area contributed by atoms with Crippen molar-refractivity contribution in [2.75, 3.05) is 13.4 Å². The predicted molar refractivity (Wildman–Crippen MR) is 88.4 cm³/mol. The summed E-state index contributed by atoms with van der Waals surface area (Å²) in [5.74, 6) is 2.01. The molecule has 0 radical (unpaired) electrons. The quantitative estimate of drug-likeness (QED) is 0.628. The average molecular weight is 307 g/mol. The largest absolute Gasteiger partial charge is 0.493 e. The van der Waals surface area contributed by atoms with Gasteiger partial charge in [0.2, 0.25) is 6.79 Å². The number of aryl methyl sites for hydroxylation is 1. The molecular weight excluding hydrogens is 290 g/mol. The Morgan fingerprint density at radius 2 is 1.91 bits per heavy atom. The molecule has 0 unspecified atom stereocenters. The molecule has 0 N–H and O–H groups in total. The van der Waals surface area contributed by atoms with E-state index in [0.29, 0.717) is 29.4 Å². The lowest BCUT2D eigenvalue weighted by atomic mass is 10.0. The van der Waals surface area contributed by atoms with Crippen molar-refractivity contribution < 1.29 is 14.2 Å². The van der Waals surface area contributed by atoms with E-state index < -0.39 is 0 Å². The van der Waals surface area contributed by atoms with Gasteiger partial charge in [-0.25, -0.2) is 0 Å². The molecule has 0 fully saturated rings. The van der Waals surface area contributed by atoms with E-state index in [1.807, 2.05) is 56.3 Å². The predicted octanol–water partition coefficient (Wildman–Crippen LogP) is 4.19. The van der Waals surface area contributed by atoms with Crippen LogP contribution < -0.4 is 14.2 Å². The Labute approximate surface area is 135 Å². The van der Waals surface area contributed by atoms with Gasteiger partial charge in [0, 0.05) is 11.6 Å². The van der Waals surface area contributed by atoms with Crippen molar-refractivity contribution in [2.24, 2.45) is 0 Å². The number of allylic oxidation sites excluding steroid dienone is 1. The van der Waals surface area contributed by atoms with Gasteiger partial charge in [-0.3, -0.25) is 0 Å². The van der Waals surface area contributed by atoms with Gasteiger partial charge in [-0.15, -0.1) is 0 Å². The number of ether oxygens (including phenoxy) is 3. The second kappa shape index (κ2) is 6.45. The zero-order chi connectivity index (χ0) is 16.2. The Hall–Kier alpha value is -2.93. The van der Waals surface area contributed by atoms with Crippen LogP contribution in [0.3, 0.4) is 0 Å². The van der Waals surface area contributed by atoms with Gasteiger partial charge in [0.25, 0.3) is 0 Å². The lowest BCUT2D eigenvalue weighted by Crippen LogP contribution is -1.94. The van der Waals surface area contributed by atoms with Gasteiger partial charge in [-0.2, -0.15) is 5.26 Å². The third-order valence-corrected chi connectivity index (χ3v) is 3.59. The monoisotopic (exact) mass is 307 g/mol. The number of nitriles is 1. The highest BCUT2D eigenvalue weighted by Gasteiger charge is 2.17. The highest BCUT2D eigenvalue weighted by molar-refractivity contribution is 5.91. The standard InChI is InChI=1S/C19H17NO3/c1-3-21-17-10-19-18(22-12-23-19)9-15(17)8-16(11-20)14-6-4-13(2)5-7-14/h4-10H,3,12H2,1-2H3/b16-8-. The van der Waals surface area contributed by atoms with E-state index in [2.05, 4.69) is 6.07 Å². The molecule has 0 saturated carbocycles. The molecule has 4 heteroatoms. The van der Waals surface area contributed by atoms with Gasteiger partial charge in [0.1, 0.15) is 5.75 Å². The number of hydrogen-bond acceptors (Lipinski definition) is 4. The summed E-state index contributed by atoms with van der Waals surface area (Å²) < 4.78 is 16.5. The first-order valence-corrected chi connectivity index (χ1v) is 7.46. The molecule has 116 valence electrons. The molecule has 0 spiro atoms. The van der Waals surface area contributed by atoms with Crippen LogP contribution >= 0.6 is 0 Å². The van der Waals surface area contributed by atoms with Crippen molar-refractivity contribution in [1.29, 1.82) is 5.26 Å². The van der Waals surface area contributed by atoms with Crippen LogP contribution in [0.25, 0.3) is 11.6 Å². The van der Waals surface area contributed by atoms with Gasteiger partial charge >= 0.3 is 0 Å². The molecule has 0 saturated heterocycles. The summed E-state index contributed by atoms with van der Waals surface area (Å²) in [5, 5.41) is 9.51. The van der Waals surface area contributed by atoms with Crippen LogP contribution in [0, 0.1) is 18.3 Å². The molecule has 23 heavy (non-hydrogen) atoms. The molecule has 0 aromatic heterocycles. The first kappa shape index (κ1) is 15.0. The van der Waals surface area contributed by atoms with Crippen LogP contribution in [-0.2, 0) is 0 Å². The molecule has 0 atom stereocenters.